The molecule has 1 amide bonds. The summed E-state index contributed by atoms with van der Waals surface area (Å²) in [5.41, 5.74) is 2.10. The number of halogens is 2. The summed E-state index contributed by atoms with van der Waals surface area (Å²) in [6.45, 7) is 5.50. The van der Waals surface area contributed by atoms with Gasteiger partial charge in [0.15, 0.2) is 0 Å². The van der Waals surface area contributed by atoms with E-state index in [-0.39, 0.29) is 17.6 Å². The maximum Gasteiger partial charge on any atom is 0.232 e. The van der Waals surface area contributed by atoms with Gasteiger partial charge in [-0.3, -0.25) is 9.20 Å². The summed E-state index contributed by atoms with van der Waals surface area (Å²) in [6, 6.07) is 9.99. The Labute approximate surface area is 150 Å². The quantitative estimate of drug-likeness (QED) is 0.689. The Morgan fingerprint density at radius 2 is 2.08 bits per heavy atom. The minimum Gasteiger partial charge on any atom is -0.309 e. The summed E-state index contributed by atoms with van der Waals surface area (Å²) in [4.78, 5) is 17.2. The Bertz CT molecular complexity index is 949. The molecular weight excluding hydrogens is 341 g/mol. The molecule has 0 aliphatic rings. The van der Waals surface area contributed by atoms with Crippen LogP contribution in [0.3, 0.4) is 0 Å². The van der Waals surface area contributed by atoms with Gasteiger partial charge in [0.1, 0.15) is 23.0 Å². The zero-order valence-electron chi connectivity index (χ0n) is 14.3. The fraction of sp³-hybridized carbons (Fsp3) is 0.263. The third kappa shape index (κ3) is 3.37. The number of fused-ring (bicyclic) bond motifs is 1. The second-order valence-corrected chi connectivity index (χ2v) is 6.99. The molecule has 0 radical (unpaired) electrons. The number of aryl methyl sites for hydroxylation is 1. The molecule has 0 atom stereocenters. The number of carbonyl (C=O) groups excluding carboxylic acids is 1. The molecule has 0 spiro atoms. The van der Waals surface area contributed by atoms with Crippen LogP contribution in [0.2, 0.25) is 0 Å². The number of hydrogen-bond donors (Lipinski definition) is 1. The number of rotatable bonds is 4. The largest absolute Gasteiger partial charge is 0.309 e. The van der Waals surface area contributed by atoms with Gasteiger partial charge in [-0.2, -0.15) is 0 Å². The summed E-state index contributed by atoms with van der Waals surface area (Å²) < 4.78 is 15.5. The van der Waals surface area contributed by atoms with Gasteiger partial charge in [-0.1, -0.05) is 12.1 Å². The molecule has 0 saturated heterocycles. The van der Waals surface area contributed by atoms with E-state index in [0.29, 0.717) is 22.7 Å². The molecular formula is C19H19ClFN3O. The Morgan fingerprint density at radius 3 is 2.76 bits per heavy atom. The molecule has 25 heavy (non-hydrogen) atoms. The third-order valence-electron chi connectivity index (χ3n) is 4.06. The van der Waals surface area contributed by atoms with Crippen LogP contribution in [0.25, 0.3) is 16.9 Å². The van der Waals surface area contributed by atoms with Crippen LogP contribution in [-0.4, -0.2) is 21.2 Å². The molecule has 2 aromatic heterocycles. The minimum absolute atomic E-state index is 0.185. The zero-order chi connectivity index (χ0) is 18.2. The number of amides is 1. The first kappa shape index (κ1) is 17.4. The number of nitrogens with one attached hydrogen (secondary N) is 1. The lowest BCUT2D eigenvalue weighted by molar-refractivity contribution is -0.123. The molecule has 0 unspecified atom stereocenters. The van der Waals surface area contributed by atoms with Crippen molar-refractivity contribution >= 4 is 29.0 Å². The third-order valence-corrected chi connectivity index (χ3v) is 4.73. The highest BCUT2D eigenvalue weighted by atomic mass is 35.5. The fourth-order valence-corrected chi connectivity index (χ4v) is 2.56. The predicted octanol–water partition coefficient (Wildman–Crippen LogP) is 4.65. The van der Waals surface area contributed by atoms with Crippen LogP contribution < -0.4 is 5.32 Å². The second kappa shape index (κ2) is 6.48. The standard InChI is InChI=1S/C19H19ClFN3O/c1-12-7-8-24-15(9-12)22-16(13-5-4-6-14(21)10-13)17(24)23-18(25)19(2,3)11-20/h4-10H,11H2,1-3H3,(H,23,25). The van der Waals surface area contributed by atoms with Crippen molar-refractivity contribution in [2.45, 2.75) is 20.8 Å². The first-order chi connectivity index (χ1) is 11.8. The lowest BCUT2D eigenvalue weighted by Gasteiger charge is -2.20. The van der Waals surface area contributed by atoms with Crippen molar-refractivity contribution in [3.05, 3.63) is 54.0 Å². The number of imidazole rings is 1. The summed E-state index contributed by atoms with van der Waals surface area (Å²) in [7, 11) is 0. The average Bonchev–Trinajstić information content (AvgIpc) is 2.92. The Hall–Kier alpha value is -2.40. The molecule has 130 valence electrons. The summed E-state index contributed by atoms with van der Waals surface area (Å²) in [6.07, 6.45) is 1.84. The second-order valence-electron chi connectivity index (χ2n) is 6.72. The molecule has 3 rings (SSSR count). The van der Waals surface area contributed by atoms with Gasteiger partial charge in [0.2, 0.25) is 5.91 Å². The highest BCUT2D eigenvalue weighted by molar-refractivity contribution is 6.20. The molecule has 0 bridgehead atoms. The van der Waals surface area contributed by atoms with Crippen LogP contribution in [0.5, 0.6) is 0 Å². The summed E-state index contributed by atoms with van der Waals surface area (Å²) in [5.74, 6) is 0.111. The normalized spacial score (nSPS) is 11.7. The van der Waals surface area contributed by atoms with E-state index in [2.05, 4.69) is 10.3 Å². The van der Waals surface area contributed by atoms with Crippen LogP contribution in [0.1, 0.15) is 19.4 Å². The van der Waals surface area contributed by atoms with Crippen molar-refractivity contribution in [1.82, 2.24) is 9.38 Å². The number of aromatic nitrogens is 2. The van der Waals surface area contributed by atoms with Crippen LogP contribution in [-0.2, 0) is 4.79 Å². The van der Waals surface area contributed by atoms with E-state index in [4.69, 9.17) is 11.6 Å². The lowest BCUT2D eigenvalue weighted by Crippen LogP contribution is -2.32. The SMILES string of the molecule is Cc1ccn2c(NC(=O)C(C)(C)CCl)c(-c3cccc(F)c3)nc2c1. The number of carbonyl (C=O) groups is 1. The first-order valence-corrected chi connectivity index (χ1v) is 8.47. The van der Waals surface area contributed by atoms with Gasteiger partial charge < -0.3 is 5.32 Å². The maximum atomic E-state index is 13.7. The highest BCUT2D eigenvalue weighted by Gasteiger charge is 2.28. The first-order valence-electron chi connectivity index (χ1n) is 7.94. The zero-order valence-corrected chi connectivity index (χ0v) is 15.1. The van der Waals surface area contributed by atoms with E-state index in [1.165, 1.54) is 12.1 Å². The van der Waals surface area contributed by atoms with E-state index in [1.54, 1.807) is 30.4 Å². The van der Waals surface area contributed by atoms with Gasteiger partial charge in [0, 0.05) is 17.6 Å². The Kier molecular flexibility index (Phi) is 4.52. The molecule has 6 heteroatoms. The van der Waals surface area contributed by atoms with E-state index >= 15 is 0 Å². The molecule has 0 aliphatic carbocycles. The van der Waals surface area contributed by atoms with Gasteiger partial charge >= 0.3 is 0 Å². The van der Waals surface area contributed by atoms with Crippen LogP contribution in [0, 0.1) is 18.2 Å². The molecule has 1 N–H and O–H groups in total. The van der Waals surface area contributed by atoms with Crippen molar-refractivity contribution < 1.29 is 9.18 Å². The molecule has 4 nitrogen and oxygen atoms in total. The number of nitrogens with zero attached hydrogens (tertiary/aromatic N) is 2. The summed E-state index contributed by atoms with van der Waals surface area (Å²) >= 11 is 5.91. The van der Waals surface area contributed by atoms with E-state index in [0.717, 1.165) is 5.56 Å². The number of anilines is 1. The van der Waals surface area contributed by atoms with Crippen molar-refractivity contribution in [3.8, 4) is 11.3 Å². The van der Waals surface area contributed by atoms with Gasteiger partial charge in [0.25, 0.3) is 0 Å². The van der Waals surface area contributed by atoms with Crippen LogP contribution in [0.4, 0.5) is 10.2 Å². The highest BCUT2D eigenvalue weighted by Crippen LogP contribution is 2.31. The smallest absolute Gasteiger partial charge is 0.232 e. The van der Waals surface area contributed by atoms with Gasteiger partial charge in [-0.25, -0.2) is 9.37 Å². The van der Waals surface area contributed by atoms with Crippen LogP contribution >= 0.6 is 11.6 Å². The van der Waals surface area contributed by atoms with Crippen molar-refractivity contribution in [3.63, 3.8) is 0 Å². The molecule has 0 saturated carbocycles. The lowest BCUT2D eigenvalue weighted by atomic mass is 9.95. The molecule has 0 fully saturated rings. The van der Waals surface area contributed by atoms with E-state index in [1.807, 2.05) is 25.3 Å². The maximum absolute atomic E-state index is 13.7. The number of pyridine rings is 1. The topological polar surface area (TPSA) is 46.4 Å². The van der Waals surface area contributed by atoms with Gasteiger partial charge in [-0.05, 0) is 50.6 Å². The number of alkyl halides is 1. The minimum atomic E-state index is -0.740. The summed E-state index contributed by atoms with van der Waals surface area (Å²) in [5, 5.41) is 2.92. The van der Waals surface area contributed by atoms with Crippen molar-refractivity contribution in [2.24, 2.45) is 5.41 Å². The predicted molar refractivity (Wildman–Crippen MR) is 98.5 cm³/mol. The molecule has 3 aromatic rings. The molecule has 1 aromatic carbocycles. The monoisotopic (exact) mass is 359 g/mol. The average molecular weight is 360 g/mol. The van der Waals surface area contributed by atoms with E-state index in [9.17, 15) is 9.18 Å². The van der Waals surface area contributed by atoms with E-state index < -0.39 is 5.41 Å². The Morgan fingerprint density at radius 1 is 1.32 bits per heavy atom. The van der Waals surface area contributed by atoms with Crippen molar-refractivity contribution in [1.29, 1.82) is 0 Å². The number of hydrogen-bond acceptors (Lipinski definition) is 2. The molecule has 2 heterocycles. The van der Waals surface area contributed by atoms with Crippen LogP contribution in [0.15, 0.2) is 42.6 Å². The number of benzene rings is 1. The van der Waals surface area contributed by atoms with Crippen molar-refractivity contribution in [2.75, 3.05) is 11.2 Å². The molecule has 0 aliphatic heterocycles. The van der Waals surface area contributed by atoms with Gasteiger partial charge in [0.05, 0.1) is 5.41 Å². The Balaban J connectivity index is 2.17. The fourth-order valence-electron chi connectivity index (χ4n) is 2.44. The van der Waals surface area contributed by atoms with Gasteiger partial charge in [-0.15, -0.1) is 11.6 Å².